The molecule has 0 saturated carbocycles. The van der Waals surface area contributed by atoms with Crippen LogP contribution >= 0.6 is 11.8 Å². The standard InChI is InChI=1S/C29H32N4O3S/c1-6-36-25-15-11-22(12-16-25)30-26(34)19-37-28-32-31-27(20-7-9-21(10-8-20)29(2,3)4)33(28)23-13-17-24(35-5)18-14-23/h7-18H,6,19H2,1-5H3,(H,30,34). The number of ether oxygens (including phenoxy) is 2. The van der Waals surface area contributed by atoms with Crippen LogP contribution in [-0.2, 0) is 10.2 Å². The Hall–Kier alpha value is -3.78. The molecule has 1 amide bonds. The molecule has 0 bridgehead atoms. The first kappa shape index (κ1) is 26.3. The summed E-state index contributed by atoms with van der Waals surface area (Å²) in [6, 6.07) is 23.4. The lowest BCUT2D eigenvalue weighted by atomic mass is 9.87. The molecule has 0 radical (unpaired) electrons. The van der Waals surface area contributed by atoms with Crippen molar-refractivity contribution in [2.45, 2.75) is 38.3 Å². The minimum Gasteiger partial charge on any atom is -0.497 e. The second-order valence-electron chi connectivity index (χ2n) is 9.46. The Kier molecular flexibility index (Phi) is 8.18. The lowest BCUT2D eigenvalue weighted by Gasteiger charge is -2.19. The molecule has 1 N–H and O–H groups in total. The minimum atomic E-state index is -0.130. The van der Waals surface area contributed by atoms with Crippen LogP contribution in [0.3, 0.4) is 0 Å². The van der Waals surface area contributed by atoms with E-state index < -0.39 is 0 Å². The molecule has 1 heterocycles. The molecule has 3 aromatic carbocycles. The number of benzene rings is 3. The van der Waals surface area contributed by atoms with Gasteiger partial charge in [-0.3, -0.25) is 9.36 Å². The Labute approximate surface area is 222 Å². The van der Waals surface area contributed by atoms with E-state index in [-0.39, 0.29) is 17.1 Å². The van der Waals surface area contributed by atoms with Gasteiger partial charge in [-0.1, -0.05) is 56.8 Å². The van der Waals surface area contributed by atoms with Gasteiger partial charge >= 0.3 is 0 Å². The van der Waals surface area contributed by atoms with Crippen molar-refractivity contribution in [3.05, 3.63) is 78.4 Å². The predicted molar refractivity (Wildman–Crippen MR) is 149 cm³/mol. The van der Waals surface area contributed by atoms with Crippen LogP contribution in [0.15, 0.2) is 78.0 Å². The first-order valence-electron chi connectivity index (χ1n) is 12.1. The Morgan fingerprint density at radius 1 is 0.919 bits per heavy atom. The summed E-state index contributed by atoms with van der Waals surface area (Å²) in [5.41, 5.74) is 3.84. The summed E-state index contributed by atoms with van der Waals surface area (Å²) in [6.45, 7) is 9.10. The van der Waals surface area contributed by atoms with E-state index >= 15 is 0 Å². The number of nitrogens with one attached hydrogen (secondary N) is 1. The zero-order valence-electron chi connectivity index (χ0n) is 21.8. The first-order chi connectivity index (χ1) is 17.8. The molecule has 0 aliphatic heterocycles. The molecule has 1 aromatic heterocycles. The van der Waals surface area contributed by atoms with E-state index in [0.717, 1.165) is 22.7 Å². The number of carbonyl (C=O) groups is 1. The van der Waals surface area contributed by atoms with Gasteiger partial charge in [-0.15, -0.1) is 10.2 Å². The summed E-state index contributed by atoms with van der Waals surface area (Å²) in [5.74, 6) is 2.29. The number of amides is 1. The van der Waals surface area contributed by atoms with Gasteiger partial charge in [-0.2, -0.15) is 0 Å². The van der Waals surface area contributed by atoms with Gasteiger partial charge in [0.1, 0.15) is 11.5 Å². The van der Waals surface area contributed by atoms with Crippen molar-refractivity contribution in [2.75, 3.05) is 24.8 Å². The van der Waals surface area contributed by atoms with Gasteiger partial charge in [0.05, 0.1) is 19.5 Å². The summed E-state index contributed by atoms with van der Waals surface area (Å²) in [7, 11) is 1.64. The maximum absolute atomic E-state index is 12.7. The van der Waals surface area contributed by atoms with Gasteiger partial charge < -0.3 is 14.8 Å². The fraction of sp³-hybridized carbons (Fsp3) is 0.276. The quantitative estimate of drug-likeness (QED) is 0.261. The number of nitrogens with zero attached hydrogens (tertiary/aromatic N) is 3. The van der Waals surface area contributed by atoms with E-state index in [1.54, 1.807) is 7.11 Å². The van der Waals surface area contributed by atoms with Crippen LogP contribution in [0.25, 0.3) is 17.1 Å². The van der Waals surface area contributed by atoms with Gasteiger partial charge in [0, 0.05) is 16.9 Å². The molecule has 0 spiro atoms. The van der Waals surface area contributed by atoms with E-state index in [1.165, 1.54) is 17.3 Å². The van der Waals surface area contributed by atoms with Crippen LogP contribution in [0, 0.1) is 0 Å². The van der Waals surface area contributed by atoms with Crippen molar-refractivity contribution in [3.8, 4) is 28.6 Å². The molecule has 0 unspecified atom stereocenters. The maximum Gasteiger partial charge on any atom is 0.234 e. The summed E-state index contributed by atoms with van der Waals surface area (Å²) in [4.78, 5) is 12.7. The average molecular weight is 517 g/mol. The molecule has 0 fully saturated rings. The number of carbonyl (C=O) groups excluding carboxylic acids is 1. The van der Waals surface area contributed by atoms with Gasteiger partial charge in [-0.05, 0) is 66.4 Å². The monoisotopic (exact) mass is 516 g/mol. The number of anilines is 1. The van der Waals surface area contributed by atoms with E-state index in [1.807, 2.05) is 60.0 Å². The lowest BCUT2D eigenvalue weighted by molar-refractivity contribution is -0.113. The molecule has 7 nitrogen and oxygen atoms in total. The normalized spacial score (nSPS) is 11.3. The smallest absolute Gasteiger partial charge is 0.234 e. The SMILES string of the molecule is CCOc1ccc(NC(=O)CSc2nnc(-c3ccc(C(C)(C)C)cc3)n2-c2ccc(OC)cc2)cc1. The van der Waals surface area contributed by atoms with Gasteiger partial charge in [0.25, 0.3) is 0 Å². The Morgan fingerprint density at radius 2 is 1.57 bits per heavy atom. The van der Waals surface area contributed by atoms with Crippen molar-refractivity contribution >= 4 is 23.4 Å². The van der Waals surface area contributed by atoms with Crippen molar-refractivity contribution in [2.24, 2.45) is 0 Å². The molecule has 4 rings (SSSR count). The minimum absolute atomic E-state index is 0.0555. The van der Waals surface area contributed by atoms with Crippen molar-refractivity contribution in [3.63, 3.8) is 0 Å². The van der Waals surface area contributed by atoms with E-state index in [4.69, 9.17) is 9.47 Å². The molecular formula is C29H32N4O3S. The number of thioether (sulfide) groups is 1. The highest BCUT2D eigenvalue weighted by Gasteiger charge is 2.19. The zero-order chi connectivity index (χ0) is 26.4. The number of methoxy groups -OCH3 is 1. The predicted octanol–water partition coefficient (Wildman–Crippen LogP) is 6.37. The van der Waals surface area contributed by atoms with Crippen molar-refractivity contribution in [1.82, 2.24) is 14.8 Å². The highest BCUT2D eigenvalue weighted by atomic mass is 32.2. The van der Waals surface area contributed by atoms with Crippen LogP contribution in [-0.4, -0.2) is 40.1 Å². The van der Waals surface area contributed by atoms with E-state index in [2.05, 4.69) is 60.6 Å². The number of aromatic nitrogens is 3. The first-order valence-corrected chi connectivity index (χ1v) is 13.1. The van der Waals surface area contributed by atoms with Crippen LogP contribution in [0.5, 0.6) is 11.5 Å². The molecule has 192 valence electrons. The molecule has 4 aromatic rings. The zero-order valence-corrected chi connectivity index (χ0v) is 22.6. The molecule has 8 heteroatoms. The molecule has 0 aliphatic rings. The van der Waals surface area contributed by atoms with E-state index in [9.17, 15) is 4.79 Å². The fourth-order valence-corrected chi connectivity index (χ4v) is 4.51. The lowest BCUT2D eigenvalue weighted by Crippen LogP contribution is -2.14. The number of hydrogen-bond donors (Lipinski definition) is 1. The fourth-order valence-electron chi connectivity index (χ4n) is 3.76. The third-order valence-corrected chi connectivity index (χ3v) is 6.68. The van der Waals surface area contributed by atoms with Crippen LogP contribution in [0.4, 0.5) is 5.69 Å². The Bertz CT molecular complexity index is 1330. The summed E-state index contributed by atoms with van der Waals surface area (Å²) in [6.07, 6.45) is 0. The Morgan fingerprint density at radius 3 is 2.16 bits per heavy atom. The number of hydrogen-bond acceptors (Lipinski definition) is 6. The van der Waals surface area contributed by atoms with Crippen LogP contribution < -0.4 is 14.8 Å². The second-order valence-corrected chi connectivity index (χ2v) is 10.4. The van der Waals surface area contributed by atoms with Gasteiger partial charge in [-0.25, -0.2) is 0 Å². The topological polar surface area (TPSA) is 78.3 Å². The highest BCUT2D eigenvalue weighted by molar-refractivity contribution is 7.99. The molecule has 0 atom stereocenters. The second kappa shape index (κ2) is 11.5. The van der Waals surface area contributed by atoms with Crippen LogP contribution in [0.1, 0.15) is 33.3 Å². The molecule has 0 saturated heterocycles. The average Bonchev–Trinajstić information content (AvgIpc) is 3.32. The summed E-state index contributed by atoms with van der Waals surface area (Å²) in [5, 5.41) is 12.5. The van der Waals surface area contributed by atoms with Crippen molar-refractivity contribution in [1.29, 1.82) is 0 Å². The summed E-state index contributed by atoms with van der Waals surface area (Å²) >= 11 is 1.33. The largest absolute Gasteiger partial charge is 0.497 e. The Balaban J connectivity index is 1.57. The highest BCUT2D eigenvalue weighted by Crippen LogP contribution is 2.31. The third kappa shape index (κ3) is 6.51. The molecule has 37 heavy (non-hydrogen) atoms. The summed E-state index contributed by atoms with van der Waals surface area (Å²) < 4.78 is 12.8. The molecule has 0 aliphatic carbocycles. The van der Waals surface area contributed by atoms with Crippen molar-refractivity contribution < 1.29 is 14.3 Å². The molecular weight excluding hydrogens is 484 g/mol. The maximum atomic E-state index is 12.7. The van der Waals surface area contributed by atoms with Crippen LogP contribution in [0.2, 0.25) is 0 Å². The van der Waals surface area contributed by atoms with E-state index in [0.29, 0.717) is 23.3 Å². The third-order valence-electron chi connectivity index (χ3n) is 5.75. The van der Waals surface area contributed by atoms with Gasteiger partial charge in [0.15, 0.2) is 11.0 Å². The number of rotatable bonds is 9. The van der Waals surface area contributed by atoms with Gasteiger partial charge in [0.2, 0.25) is 5.91 Å².